The average Bonchev–Trinajstić information content (AvgIpc) is 3.60. The molecule has 3 aromatic heterocycles. The Morgan fingerprint density at radius 1 is 0.714 bits per heavy atom. The molecule has 1 aromatic carbocycles. The Hall–Kier alpha value is -4.53. The molecule has 2 aliphatic heterocycles. The van der Waals surface area contributed by atoms with Gasteiger partial charge in [0.25, 0.3) is 0 Å². The zero-order valence-electron chi connectivity index (χ0n) is 17.7. The minimum absolute atomic E-state index is 0.233. The van der Waals surface area contributed by atoms with Crippen LogP contribution in [0.4, 0.5) is 22.0 Å². The van der Waals surface area contributed by atoms with Gasteiger partial charge in [0.1, 0.15) is 16.9 Å². The van der Waals surface area contributed by atoms with Crippen LogP contribution in [-0.4, -0.2) is 19.7 Å². The van der Waals surface area contributed by atoms with Crippen molar-refractivity contribution in [1.29, 1.82) is 0 Å². The van der Waals surface area contributed by atoms with E-state index < -0.39 is 40.2 Å². The molecule has 4 aromatic rings. The summed E-state index contributed by atoms with van der Waals surface area (Å²) >= 11 is 0. The summed E-state index contributed by atoms with van der Waals surface area (Å²) in [5.41, 5.74) is -1.44. The van der Waals surface area contributed by atoms with Crippen molar-refractivity contribution in [3.8, 4) is 11.1 Å². The standard InChI is InChI=1S/C26H13F5N4/c27-21-18-11-16-8-6-14(32-16)10-15-7-9-17(33-15)12-19-20(13-4-2-1-3-5-13)22(28)26(35(19)31)24(30)25(34-18)23(21)29/h1-12,32H. The summed E-state index contributed by atoms with van der Waals surface area (Å²) in [5, 5.41) is 0. The summed E-state index contributed by atoms with van der Waals surface area (Å²) in [6, 6.07) is 15.3. The molecule has 0 aliphatic carbocycles. The third kappa shape index (κ3) is 3.35. The van der Waals surface area contributed by atoms with E-state index in [4.69, 9.17) is 0 Å². The van der Waals surface area contributed by atoms with Crippen LogP contribution < -0.4 is 0 Å². The summed E-state index contributed by atoms with van der Waals surface area (Å²) in [6.07, 6.45) is 3.27. The van der Waals surface area contributed by atoms with Gasteiger partial charge in [0.2, 0.25) is 0 Å². The molecule has 4 nitrogen and oxygen atoms in total. The van der Waals surface area contributed by atoms with Gasteiger partial charge in [-0.2, -0.15) is 4.79 Å². The van der Waals surface area contributed by atoms with Gasteiger partial charge in [0, 0.05) is 16.6 Å². The number of H-pyrrole nitrogens is 1. The second-order valence-corrected chi connectivity index (χ2v) is 7.95. The largest absolute Gasteiger partial charge is 0.355 e. The molecule has 35 heavy (non-hydrogen) atoms. The van der Waals surface area contributed by atoms with Crippen LogP contribution >= 0.6 is 0 Å². The lowest BCUT2D eigenvalue weighted by atomic mass is 10.1. The van der Waals surface area contributed by atoms with Crippen LogP contribution in [0.2, 0.25) is 0 Å². The van der Waals surface area contributed by atoms with Crippen molar-refractivity contribution in [2.45, 2.75) is 0 Å². The van der Waals surface area contributed by atoms with Crippen molar-refractivity contribution in [3.05, 3.63) is 95.1 Å². The predicted octanol–water partition coefficient (Wildman–Crippen LogP) is 7.40. The third-order valence-corrected chi connectivity index (χ3v) is 5.72. The Morgan fingerprint density at radius 3 is 2.14 bits per heavy atom. The molecular formula is C26H13F5N4. The quantitative estimate of drug-likeness (QED) is 0.256. The summed E-state index contributed by atoms with van der Waals surface area (Å²) in [6.45, 7) is 0. The van der Waals surface area contributed by atoms with Crippen LogP contribution in [0, 0.1) is 11.6 Å². The first-order chi connectivity index (χ1) is 16.9. The zero-order valence-corrected chi connectivity index (χ0v) is 17.7. The van der Waals surface area contributed by atoms with E-state index in [2.05, 4.69) is 15.0 Å². The molecule has 172 valence electrons. The van der Waals surface area contributed by atoms with Gasteiger partial charge in [-0.25, -0.2) is 27.5 Å². The number of aromatic nitrogens is 4. The topological polar surface area (TPSA) is 46.5 Å². The SMILES string of the molecule is FC1=C(F)c2nc1cc1ccc(cc3nc(cc4c(-c5ccccc5)c(F)c(c2F)n4F)C=C3)[nH]1. The van der Waals surface area contributed by atoms with Crippen LogP contribution in [0.3, 0.4) is 0 Å². The summed E-state index contributed by atoms with van der Waals surface area (Å²) in [5.74, 6) is -6.05. The van der Waals surface area contributed by atoms with Crippen LogP contribution in [0.25, 0.3) is 57.0 Å². The number of benzene rings is 1. The van der Waals surface area contributed by atoms with E-state index in [-0.39, 0.29) is 27.1 Å². The number of hydrogen-bond donors (Lipinski definition) is 1. The highest BCUT2D eigenvalue weighted by Crippen LogP contribution is 2.38. The molecular weight excluding hydrogens is 463 g/mol. The molecule has 6 rings (SSSR count). The zero-order chi connectivity index (χ0) is 24.3. The maximum Gasteiger partial charge on any atom is 0.189 e. The van der Waals surface area contributed by atoms with Gasteiger partial charge in [-0.3, -0.25) is 0 Å². The minimum atomic E-state index is -1.68. The van der Waals surface area contributed by atoms with Crippen molar-refractivity contribution in [1.82, 2.24) is 19.7 Å². The fraction of sp³-hybridized carbons (Fsp3) is 0. The third-order valence-electron chi connectivity index (χ3n) is 5.72. The summed E-state index contributed by atoms with van der Waals surface area (Å²) < 4.78 is 75.9. The number of aromatic amines is 1. The molecule has 0 saturated heterocycles. The Morgan fingerprint density at radius 2 is 1.40 bits per heavy atom. The Labute approximate surface area is 194 Å². The van der Waals surface area contributed by atoms with Crippen molar-refractivity contribution >= 4 is 45.9 Å². The lowest BCUT2D eigenvalue weighted by Crippen LogP contribution is -1.91. The minimum Gasteiger partial charge on any atom is -0.355 e. The fourth-order valence-corrected chi connectivity index (χ4v) is 4.11. The van der Waals surface area contributed by atoms with E-state index >= 15 is 13.3 Å². The van der Waals surface area contributed by atoms with E-state index in [1.165, 1.54) is 24.3 Å². The first kappa shape index (κ1) is 21.0. The van der Waals surface area contributed by atoms with Crippen molar-refractivity contribution in [3.63, 3.8) is 0 Å². The van der Waals surface area contributed by atoms with Crippen molar-refractivity contribution in [2.24, 2.45) is 0 Å². The van der Waals surface area contributed by atoms with Gasteiger partial charge in [0.05, 0.1) is 16.9 Å². The van der Waals surface area contributed by atoms with E-state index in [9.17, 15) is 8.78 Å². The molecule has 0 saturated carbocycles. The van der Waals surface area contributed by atoms with Crippen LogP contribution in [0.5, 0.6) is 0 Å². The molecule has 0 atom stereocenters. The number of halogens is 5. The molecule has 0 radical (unpaired) electrons. The maximum absolute atomic E-state index is 15.6. The van der Waals surface area contributed by atoms with E-state index in [0.717, 1.165) is 0 Å². The normalized spacial score (nSPS) is 13.1. The Balaban J connectivity index is 1.83. The van der Waals surface area contributed by atoms with Crippen LogP contribution in [0.1, 0.15) is 22.8 Å². The van der Waals surface area contributed by atoms with E-state index in [1.54, 1.807) is 48.6 Å². The Kier molecular flexibility index (Phi) is 4.67. The van der Waals surface area contributed by atoms with Crippen molar-refractivity contribution < 1.29 is 22.0 Å². The van der Waals surface area contributed by atoms with Crippen molar-refractivity contribution in [2.75, 3.05) is 0 Å². The van der Waals surface area contributed by atoms with Gasteiger partial charge in [-0.15, -0.1) is 0 Å². The highest BCUT2D eigenvalue weighted by Gasteiger charge is 2.28. The molecule has 0 amide bonds. The number of rotatable bonds is 1. The van der Waals surface area contributed by atoms with Crippen LogP contribution in [-0.2, 0) is 0 Å². The lowest BCUT2D eigenvalue weighted by molar-refractivity contribution is 0.394. The first-order valence-electron chi connectivity index (χ1n) is 10.5. The molecule has 0 fully saturated rings. The van der Waals surface area contributed by atoms with Gasteiger partial charge in [-0.1, -0.05) is 34.8 Å². The smallest absolute Gasteiger partial charge is 0.189 e. The van der Waals surface area contributed by atoms with Gasteiger partial charge in [-0.05, 0) is 48.0 Å². The van der Waals surface area contributed by atoms with Crippen LogP contribution in [0.15, 0.2) is 60.7 Å². The Bertz CT molecular complexity index is 1750. The van der Waals surface area contributed by atoms with Gasteiger partial charge >= 0.3 is 0 Å². The number of fused-ring (bicyclic) bond motifs is 8. The number of nitrogens with zero attached hydrogens (tertiary/aromatic N) is 3. The predicted molar refractivity (Wildman–Crippen MR) is 124 cm³/mol. The average molecular weight is 476 g/mol. The molecule has 8 bridgehead atoms. The van der Waals surface area contributed by atoms with Gasteiger partial charge < -0.3 is 4.98 Å². The first-order valence-corrected chi connectivity index (χ1v) is 10.5. The molecule has 1 N–H and O–H groups in total. The molecule has 0 spiro atoms. The summed E-state index contributed by atoms with van der Waals surface area (Å²) in [7, 11) is 0. The second kappa shape index (κ2) is 7.76. The highest BCUT2D eigenvalue weighted by molar-refractivity contribution is 5.91. The highest BCUT2D eigenvalue weighted by atomic mass is 19.2. The number of hydrogen-bond acceptors (Lipinski definition) is 2. The number of nitrogens with one attached hydrogen (secondary N) is 1. The summed E-state index contributed by atoms with van der Waals surface area (Å²) in [4.78, 5) is 10.8. The van der Waals surface area contributed by atoms with E-state index in [1.807, 2.05) is 0 Å². The monoisotopic (exact) mass is 476 g/mol. The fourth-order valence-electron chi connectivity index (χ4n) is 4.11. The molecule has 5 heterocycles. The molecule has 9 heteroatoms. The molecule has 2 aliphatic rings. The lowest BCUT2D eigenvalue weighted by Gasteiger charge is -1.99. The maximum atomic E-state index is 15.6. The molecule has 0 unspecified atom stereocenters. The van der Waals surface area contributed by atoms with E-state index in [0.29, 0.717) is 16.7 Å². The van der Waals surface area contributed by atoms with Gasteiger partial charge in [0.15, 0.2) is 23.3 Å². The second-order valence-electron chi connectivity index (χ2n) is 7.95.